The summed E-state index contributed by atoms with van der Waals surface area (Å²) in [5, 5.41) is 5.20. The van der Waals surface area contributed by atoms with Crippen molar-refractivity contribution in [1.82, 2.24) is 10.2 Å². The van der Waals surface area contributed by atoms with Gasteiger partial charge in [-0.15, -0.1) is 0 Å². The van der Waals surface area contributed by atoms with Crippen molar-refractivity contribution in [3.05, 3.63) is 34.9 Å². The van der Waals surface area contributed by atoms with Gasteiger partial charge in [-0.3, -0.25) is 19.7 Å². The molecule has 1 saturated heterocycles. The molecule has 0 radical (unpaired) electrons. The van der Waals surface area contributed by atoms with Gasteiger partial charge in [0.1, 0.15) is 6.04 Å². The molecule has 1 N–H and O–H groups in total. The summed E-state index contributed by atoms with van der Waals surface area (Å²) < 4.78 is 0. The van der Waals surface area contributed by atoms with E-state index in [1.165, 1.54) is 13.8 Å². The van der Waals surface area contributed by atoms with Crippen LogP contribution in [0, 0.1) is 11.2 Å². The molecule has 22 heavy (non-hydrogen) atoms. The molecule has 1 fully saturated rings. The third-order valence-corrected chi connectivity index (χ3v) is 4.60. The van der Waals surface area contributed by atoms with E-state index in [9.17, 15) is 14.4 Å². The first-order valence-electron chi connectivity index (χ1n) is 6.66. The fourth-order valence-corrected chi connectivity index (χ4v) is 3.22. The number of piperidine rings is 1. The van der Waals surface area contributed by atoms with Gasteiger partial charge < -0.3 is 4.90 Å². The Kier molecular flexibility index (Phi) is 4.40. The zero-order valence-electron chi connectivity index (χ0n) is 11.4. The van der Waals surface area contributed by atoms with Crippen molar-refractivity contribution in [3.63, 3.8) is 0 Å². The van der Waals surface area contributed by atoms with Gasteiger partial charge in [-0.25, -0.2) is 0 Å². The fraction of sp³-hybridized carbons (Fsp3) is 0.267. The van der Waals surface area contributed by atoms with E-state index in [1.807, 2.05) is 12.1 Å². The molecular weight excluding hydrogens is 415 g/mol. The molecule has 2 heterocycles. The summed E-state index contributed by atoms with van der Waals surface area (Å²) in [6.07, 6.45) is 0.642. The SMILES string of the molecule is O=C1CCC(N2Cc3cc(C#CSI)ccc3C2=O)C(=O)N1. The Balaban J connectivity index is 1.84. The minimum Gasteiger partial charge on any atom is -0.322 e. The summed E-state index contributed by atoms with van der Waals surface area (Å²) in [6, 6.07) is 4.88. The Labute approximate surface area is 143 Å². The maximum atomic E-state index is 12.5. The first-order chi connectivity index (χ1) is 10.6. The van der Waals surface area contributed by atoms with Crippen molar-refractivity contribution < 1.29 is 14.4 Å². The second-order valence-electron chi connectivity index (χ2n) is 5.08. The van der Waals surface area contributed by atoms with Crippen LogP contribution in [0.25, 0.3) is 0 Å². The lowest BCUT2D eigenvalue weighted by Crippen LogP contribution is -2.52. The molecule has 0 saturated carbocycles. The van der Waals surface area contributed by atoms with Crippen molar-refractivity contribution in [1.29, 1.82) is 0 Å². The molecule has 112 valence electrons. The first kappa shape index (κ1) is 15.4. The highest BCUT2D eigenvalue weighted by molar-refractivity contribution is 14.2. The van der Waals surface area contributed by atoms with Crippen molar-refractivity contribution in [2.75, 3.05) is 0 Å². The van der Waals surface area contributed by atoms with E-state index in [2.05, 4.69) is 37.7 Å². The number of carbonyl (C=O) groups is 3. The Morgan fingerprint density at radius 3 is 2.86 bits per heavy atom. The predicted octanol–water partition coefficient (Wildman–Crippen LogP) is 1.84. The molecular formula is C15H11IN2O3S. The minimum absolute atomic E-state index is 0.160. The van der Waals surface area contributed by atoms with Crippen LogP contribution in [0.2, 0.25) is 0 Å². The van der Waals surface area contributed by atoms with Gasteiger partial charge in [0, 0.05) is 45.3 Å². The van der Waals surface area contributed by atoms with Gasteiger partial charge >= 0.3 is 0 Å². The van der Waals surface area contributed by atoms with Gasteiger partial charge in [-0.2, -0.15) is 0 Å². The summed E-state index contributed by atoms with van der Waals surface area (Å²) in [5.74, 6) is 2.17. The zero-order chi connectivity index (χ0) is 15.7. The van der Waals surface area contributed by atoms with E-state index >= 15 is 0 Å². The molecule has 0 aromatic heterocycles. The molecule has 2 aliphatic heterocycles. The maximum Gasteiger partial charge on any atom is 0.255 e. The summed E-state index contributed by atoms with van der Waals surface area (Å²) in [6.45, 7) is 0.382. The number of rotatable bonds is 1. The summed E-state index contributed by atoms with van der Waals surface area (Å²) >= 11 is 2.10. The Morgan fingerprint density at radius 1 is 1.32 bits per heavy atom. The maximum absolute atomic E-state index is 12.5. The second-order valence-corrected chi connectivity index (χ2v) is 6.76. The number of hydrogen-bond acceptors (Lipinski definition) is 4. The number of nitrogens with one attached hydrogen (secondary N) is 1. The number of benzene rings is 1. The van der Waals surface area contributed by atoms with Gasteiger partial charge in [0.15, 0.2) is 0 Å². The predicted molar refractivity (Wildman–Crippen MR) is 91.0 cm³/mol. The molecule has 1 atom stereocenters. The largest absolute Gasteiger partial charge is 0.322 e. The number of carbonyl (C=O) groups excluding carboxylic acids is 3. The quantitative estimate of drug-likeness (QED) is 0.423. The molecule has 0 bridgehead atoms. The summed E-state index contributed by atoms with van der Waals surface area (Å²) in [5.41, 5.74) is 2.33. The van der Waals surface area contributed by atoms with Gasteiger partial charge in [-0.05, 0) is 44.4 Å². The van der Waals surface area contributed by atoms with Gasteiger partial charge in [0.05, 0.1) is 0 Å². The third-order valence-electron chi connectivity index (χ3n) is 3.76. The molecule has 3 rings (SSSR count). The summed E-state index contributed by atoms with van der Waals surface area (Å²) in [7, 11) is 1.40. The Hall–Kier alpha value is -1.53. The van der Waals surface area contributed by atoms with Gasteiger partial charge in [-0.1, -0.05) is 5.92 Å². The van der Waals surface area contributed by atoms with Gasteiger partial charge in [0.25, 0.3) is 5.91 Å². The monoisotopic (exact) mass is 426 g/mol. The Morgan fingerprint density at radius 2 is 2.14 bits per heavy atom. The highest BCUT2D eigenvalue weighted by Gasteiger charge is 2.38. The van der Waals surface area contributed by atoms with Gasteiger partial charge in [0.2, 0.25) is 11.8 Å². The van der Waals surface area contributed by atoms with Crippen molar-refractivity contribution >= 4 is 47.9 Å². The number of hydrogen-bond donors (Lipinski definition) is 1. The average Bonchev–Trinajstić information content (AvgIpc) is 2.82. The lowest BCUT2D eigenvalue weighted by atomic mass is 10.0. The van der Waals surface area contributed by atoms with E-state index in [4.69, 9.17) is 0 Å². The normalized spacial score (nSPS) is 20.3. The van der Waals surface area contributed by atoms with Crippen molar-refractivity contribution in [2.45, 2.75) is 25.4 Å². The van der Waals surface area contributed by atoms with Crippen LogP contribution in [0.3, 0.4) is 0 Å². The van der Waals surface area contributed by atoms with Crippen molar-refractivity contribution in [3.8, 4) is 11.2 Å². The first-order valence-corrected chi connectivity index (χ1v) is 10.0. The molecule has 7 heteroatoms. The Bertz CT molecular complexity index is 738. The fourth-order valence-electron chi connectivity index (χ4n) is 2.73. The van der Waals surface area contributed by atoms with Crippen LogP contribution in [0.1, 0.15) is 34.3 Å². The molecule has 5 nitrogen and oxygen atoms in total. The lowest BCUT2D eigenvalue weighted by Gasteiger charge is -2.29. The smallest absolute Gasteiger partial charge is 0.255 e. The van der Waals surface area contributed by atoms with Crippen LogP contribution in [0.15, 0.2) is 18.2 Å². The standard InChI is InChI=1S/C15H11IN2O3S/c16-22-6-5-9-1-2-11-10(7-9)8-18(15(11)21)12-3-4-13(19)17-14(12)20/h1-2,7,12H,3-4,8H2,(H,17,19,20). The molecule has 1 aromatic carbocycles. The minimum atomic E-state index is -0.572. The highest BCUT2D eigenvalue weighted by atomic mass is 127. The molecule has 3 amide bonds. The van der Waals surface area contributed by atoms with Crippen LogP contribution in [0.5, 0.6) is 0 Å². The molecule has 1 aromatic rings. The van der Waals surface area contributed by atoms with E-state index < -0.39 is 11.9 Å². The van der Waals surface area contributed by atoms with Crippen LogP contribution in [0.4, 0.5) is 0 Å². The number of fused-ring (bicyclic) bond motifs is 1. The van der Waals surface area contributed by atoms with E-state index in [0.717, 1.165) is 11.1 Å². The van der Waals surface area contributed by atoms with Crippen LogP contribution >= 0.6 is 30.1 Å². The van der Waals surface area contributed by atoms with E-state index in [1.54, 1.807) is 6.07 Å². The van der Waals surface area contributed by atoms with Crippen LogP contribution in [-0.2, 0) is 16.1 Å². The highest BCUT2D eigenvalue weighted by Crippen LogP contribution is 2.28. The number of halogens is 1. The third kappa shape index (κ3) is 2.85. The van der Waals surface area contributed by atoms with Crippen LogP contribution in [-0.4, -0.2) is 28.7 Å². The zero-order valence-corrected chi connectivity index (χ0v) is 14.4. The molecule has 2 aliphatic rings. The van der Waals surface area contributed by atoms with Crippen LogP contribution < -0.4 is 5.32 Å². The van der Waals surface area contributed by atoms with E-state index in [0.29, 0.717) is 18.5 Å². The average molecular weight is 426 g/mol. The second kappa shape index (κ2) is 6.30. The van der Waals surface area contributed by atoms with E-state index in [-0.39, 0.29) is 18.2 Å². The lowest BCUT2D eigenvalue weighted by molar-refractivity contribution is -0.136. The number of nitrogens with zero attached hydrogens (tertiary/aromatic N) is 1. The topological polar surface area (TPSA) is 66.5 Å². The number of amides is 3. The molecule has 0 spiro atoms. The summed E-state index contributed by atoms with van der Waals surface area (Å²) in [4.78, 5) is 37.2. The number of imide groups is 1. The molecule has 0 aliphatic carbocycles. The molecule has 1 unspecified atom stereocenters. The van der Waals surface area contributed by atoms with Crippen molar-refractivity contribution in [2.24, 2.45) is 0 Å².